The lowest BCUT2D eigenvalue weighted by Crippen LogP contribution is -2.44. The average Bonchev–Trinajstić information content (AvgIpc) is 2.35. The van der Waals surface area contributed by atoms with Crippen molar-refractivity contribution in [3.05, 3.63) is 24.0 Å². The van der Waals surface area contributed by atoms with E-state index < -0.39 is 5.60 Å². The SMILES string of the molecule is CC(C)Oc1ccc(CC2(O)CCN(C)CC2)nc1. The summed E-state index contributed by atoms with van der Waals surface area (Å²) in [4.78, 5) is 6.64. The lowest BCUT2D eigenvalue weighted by atomic mass is 9.87. The monoisotopic (exact) mass is 264 g/mol. The van der Waals surface area contributed by atoms with Crippen molar-refractivity contribution in [3.8, 4) is 5.75 Å². The second kappa shape index (κ2) is 5.88. The third-order valence-corrected chi connectivity index (χ3v) is 3.60. The van der Waals surface area contributed by atoms with E-state index in [-0.39, 0.29) is 6.10 Å². The number of pyridine rings is 1. The zero-order valence-electron chi connectivity index (χ0n) is 12.1. The highest BCUT2D eigenvalue weighted by Crippen LogP contribution is 2.25. The Morgan fingerprint density at radius 3 is 2.58 bits per heavy atom. The molecule has 4 nitrogen and oxygen atoms in total. The number of ether oxygens (including phenoxy) is 1. The van der Waals surface area contributed by atoms with Crippen LogP contribution in [-0.2, 0) is 6.42 Å². The molecule has 0 spiro atoms. The van der Waals surface area contributed by atoms with Crippen molar-refractivity contribution in [1.29, 1.82) is 0 Å². The molecule has 2 rings (SSSR count). The normalized spacial score (nSPS) is 19.6. The lowest BCUT2D eigenvalue weighted by Gasteiger charge is -2.36. The predicted octanol–water partition coefficient (Wildman–Crippen LogP) is 1.87. The first-order chi connectivity index (χ1) is 8.97. The Morgan fingerprint density at radius 1 is 1.37 bits per heavy atom. The maximum absolute atomic E-state index is 10.6. The van der Waals surface area contributed by atoms with E-state index in [0.717, 1.165) is 37.4 Å². The van der Waals surface area contributed by atoms with Crippen LogP contribution in [0.1, 0.15) is 32.4 Å². The maximum Gasteiger partial charge on any atom is 0.137 e. The highest BCUT2D eigenvalue weighted by Gasteiger charge is 2.31. The molecule has 0 saturated carbocycles. The Balaban J connectivity index is 1.95. The van der Waals surface area contributed by atoms with Gasteiger partial charge in [-0.3, -0.25) is 4.98 Å². The zero-order chi connectivity index (χ0) is 13.9. The van der Waals surface area contributed by atoms with Gasteiger partial charge in [-0.1, -0.05) is 0 Å². The van der Waals surface area contributed by atoms with Gasteiger partial charge in [-0.25, -0.2) is 0 Å². The minimum atomic E-state index is -0.597. The molecule has 2 heterocycles. The molecule has 1 aliphatic heterocycles. The van der Waals surface area contributed by atoms with Gasteiger partial charge < -0.3 is 14.7 Å². The van der Waals surface area contributed by atoms with Gasteiger partial charge in [-0.05, 0) is 45.9 Å². The number of rotatable bonds is 4. The lowest BCUT2D eigenvalue weighted by molar-refractivity contribution is -0.0157. The Labute approximate surface area is 115 Å². The molecule has 19 heavy (non-hydrogen) atoms. The molecule has 4 heteroatoms. The second-order valence-corrected chi connectivity index (χ2v) is 5.86. The molecule has 1 aromatic rings. The molecule has 0 amide bonds. The van der Waals surface area contributed by atoms with Gasteiger partial charge in [0.2, 0.25) is 0 Å². The molecule has 0 aliphatic carbocycles. The maximum atomic E-state index is 10.6. The predicted molar refractivity (Wildman–Crippen MR) is 75.4 cm³/mol. The van der Waals surface area contributed by atoms with Crippen molar-refractivity contribution < 1.29 is 9.84 Å². The summed E-state index contributed by atoms with van der Waals surface area (Å²) in [5, 5.41) is 10.6. The number of hydrogen-bond donors (Lipinski definition) is 1. The van der Waals surface area contributed by atoms with Crippen molar-refractivity contribution in [2.75, 3.05) is 20.1 Å². The van der Waals surface area contributed by atoms with E-state index in [1.54, 1.807) is 6.20 Å². The van der Waals surface area contributed by atoms with E-state index in [1.165, 1.54) is 0 Å². The number of hydrogen-bond acceptors (Lipinski definition) is 4. The molecule has 1 aromatic heterocycles. The van der Waals surface area contributed by atoms with E-state index in [9.17, 15) is 5.11 Å². The summed E-state index contributed by atoms with van der Waals surface area (Å²) in [6, 6.07) is 3.88. The van der Waals surface area contributed by atoms with Gasteiger partial charge in [-0.2, -0.15) is 0 Å². The fourth-order valence-electron chi connectivity index (χ4n) is 2.41. The van der Waals surface area contributed by atoms with Gasteiger partial charge in [-0.15, -0.1) is 0 Å². The zero-order valence-corrected chi connectivity index (χ0v) is 12.1. The Hall–Kier alpha value is -1.13. The quantitative estimate of drug-likeness (QED) is 0.902. The van der Waals surface area contributed by atoms with Crippen LogP contribution in [0, 0.1) is 0 Å². The van der Waals surface area contributed by atoms with Crippen LogP contribution < -0.4 is 4.74 Å². The largest absolute Gasteiger partial charge is 0.489 e. The minimum absolute atomic E-state index is 0.158. The van der Waals surface area contributed by atoms with Gasteiger partial charge in [0.15, 0.2) is 0 Å². The molecular formula is C15H24N2O2. The van der Waals surface area contributed by atoms with Crippen LogP contribution in [0.2, 0.25) is 0 Å². The van der Waals surface area contributed by atoms with Crippen LogP contribution >= 0.6 is 0 Å². The van der Waals surface area contributed by atoms with Crippen LogP contribution in [0.4, 0.5) is 0 Å². The molecule has 1 N–H and O–H groups in total. The highest BCUT2D eigenvalue weighted by atomic mass is 16.5. The third kappa shape index (κ3) is 4.18. The van der Waals surface area contributed by atoms with Crippen molar-refractivity contribution >= 4 is 0 Å². The van der Waals surface area contributed by atoms with E-state index in [1.807, 2.05) is 26.0 Å². The summed E-state index contributed by atoms with van der Waals surface area (Å²) in [5.41, 5.74) is 0.336. The van der Waals surface area contributed by atoms with Crippen LogP contribution in [0.25, 0.3) is 0 Å². The number of aliphatic hydroxyl groups is 1. The number of nitrogens with zero attached hydrogens (tertiary/aromatic N) is 2. The van der Waals surface area contributed by atoms with Crippen molar-refractivity contribution in [2.24, 2.45) is 0 Å². The fourth-order valence-corrected chi connectivity index (χ4v) is 2.41. The summed E-state index contributed by atoms with van der Waals surface area (Å²) in [6.07, 6.45) is 4.16. The number of piperidine rings is 1. The molecular weight excluding hydrogens is 240 g/mol. The molecule has 0 unspecified atom stereocenters. The van der Waals surface area contributed by atoms with Gasteiger partial charge >= 0.3 is 0 Å². The Kier molecular flexibility index (Phi) is 4.42. The highest BCUT2D eigenvalue weighted by molar-refractivity contribution is 5.21. The molecule has 1 aliphatic rings. The first kappa shape index (κ1) is 14.3. The van der Waals surface area contributed by atoms with E-state index in [2.05, 4.69) is 16.9 Å². The van der Waals surface area contributed by atoms with E-state index >= 15 is 0 Å². The topological polar surface area (TPSA) is 45.6 Å². The van der Waals surface area contributed by atoms with Crippen LogP contribution in [0.5, 0.6) is 5.75 Å². The summed E-state index contributed by atoms with van der Waals surface area (Å²) < 4.78 is 5.57. The average molecular weight is 264 g/mol. The van der Waals surface area contributed by atoms with Gasteiger partial charge in [0.1, 0.15) is 5.75 Å². The van der Waals surface area contributed by atoms with Gasteiger partial charge in [0.05, 0.1) is 17.9 Å². The molecule has 1 fully saturated rings. The van der Waals surface area contributed by atoms with E-state index in [4.69, 9.17) is 4.74 Å². The molecule has 0 radical (unpaired) electrons. The standard InChI is InChI=1S/C15H24N2O2/c1-12(2)19-14-5-4-13(16-11-14)10-15(18)6-8-17(3)9-7-15/h4-5,11-12,18H,6-10H2,1-3H3. The second-order valence-electron chi connectivity index (χ2n) is 5.86. The first-order valence-electron chi connectivity index (χ1n) is 6.99. The third-order valence-electron chi connectivity index (χ3n) is 3.60. The fraction of sp³-hybridized carbons (Fsp3) is 0.667. The first-order valence-corrected chi connectivity index (χ1v) is 6.99. The van der Waals surface area contributed by atoms with E-state index in [0.29, 0.717) is 6.42 Å². The van der Waals surface area contributed by atoms with Crippen LogP contribution in [-0.4, -0.2) is 46.8 Å². The van der Waals surface area contributed by atoms with Gasteiger partial charge in [0.25, 0.3) is 0 Å². The summed E-state index contributed by atoms with van der Waals surface area (Å²) in [5.74, 6) is 0.786. The molecule has 0 bridgehead atoms. The molecule has 0 aromatic carbocycles. The Morgan fingerprint density at radius 2 is 2.05 bits per heavy atom. The number of likely N-dealkylation sites (tertiary alicyclic amines) is 1. The summed E-state index contributed by atoms with van der Waals surface area (Å²) in [6.45, 7) is 5.89. The van der Waals surface area contributed by atoms with Crippen LogP contribution in [0.15, 0.2) is 18.3 Å². The van der Waals surface area contributed by atoms with Crippen molar-refractivity contribution in [3.63, 3.8) is 0 Å². The van der Waals surface area contributed by atoms with Crippen LogP contribution in [0.3, 0.4) is 0 Å². The van der Waals surface area contributed by atoms with Gasteiger partial charge in [0, 0.05) is 25.2 Å². The smallest absolute Gasteiger partial charge is 0.137 e. The Bertz CT molecular complexity index is 395. The molecule has 0 atom stereocenters. The summed E-state index contributed by atoms with van der Waals surface area (Å²) in [7, 11) is 2.09. The minimum Gasteiger partial charge on any atom is -0.489 e. The molecule has 1 saturated heterocycles. The number of aromatic nitrogens is 1. The summed E-state index contributed by atoms with van der Waals surface area (Å²) >= 11 is 0. The van der Waals surface area contributed by atoms with Crippen molar-refractivity contribution in [1.82, 2.24) is 9.88 Å². The molecule has 106 valence electrons. The van der Waals surface area contributed by atoms with Crippen molar-refractivity contribution in [2.45, 2.75) is 44.8 Å².